The maximum absolute atomic E-state index is 6.48. The third-order valence-corrected chi connectivity index (χ3v) is 10.6. The lowest BCUT2D eigenvalue weighted by Crippen LogP contribution is -2.40. The van der Waals surface area contributed by atoms with Crippen molar-refractivity contribution in [1.82, 2.24) is 0 Å². The van der Waals surface area contributed by atoms with E-state index in [1.807, 2.05) is 0 Å². The second-order valence-electron chi connectivity index (χ2n) is 8.12. The fourth-order valence-electron chi connectivity index (χ4n) is 2.54. The smallest absolute Gasteiger partial charge is 0.192 e. The zero-order chi connectivity index (χ0) is 18.1. The summed E-state index contributed by atoms with van der Waals surface area (Å²) >= 11 is 3.60. The molecule has 24 heavy (non-hydrogen) atoms. The van der Waals surface area contributed by atoms with Gasteiger partial charge in [-0.3, -0.25) is 0 Å². The van der Waals surface area contributed by atoms with Gasteiger partial charge in [0.2, 0.25) is 0 Å². The summed E-state index contributed by atoms with van der Waals surface area (Å²) in [5.41, 5.74) is 6.41. The second kappa shape index (κ2) is 7.15. The number of halogens is 1. The van der Waals surface area contributed by atoms with Crippen molar-refractivity contribution in [2.45, 2.75) is 59.4 Å². The van der Waals surface area contributed by atoms with E-state index in [2.05, 4.69) is 100 Å². The molecule has 0 aliphatic carbocycles. The van der Waals surface area contributed by atoms with E-state index in [0.717, 1.165) is 4.47 Å². The number of hydrogen-bond acceptors (Lipinski definition) is 1. The van der Waals surface area contributed by atoms with Gasteiger partial charge in [-0.1, -0.05) is 67.0 Å². The SMILES string of the molecule is Cc1cc(-c2c(C)cccc2CO[Si](C)(C)C(C)(C)C)ccc1Br. The van der Waals surface area contributed by atoms with E-state index >= 15 is 0 Å². The van der Waals surface area contributed by atoms with Gasteiger partial charge in [-0.25, -0.2) is 0 Å². The second-order valence-corrected chi connectivity index (χ2v) is 13.8. The first kappa shape index (κ1) is 19.4. The first-order valence-electron chi connectivity index (χ1n) is 8.52. The first-order chi connectivity index (χ1) is 11.0. The quantitative estimate of drug-likeness (QED) is 0.487. The topological polar surface area (TPSA) is 9.23 Å². The zero-order valence-corrected chi connectivity index (χ0v) is 18.5. The van der Waals surface area contributed by atoms with Crippen LogP contribution in [-0.2, 0) is 11.0 Å². The van der Waals surface area contributed by atoms with Gasteiger partial charge in [-0.05, 0) is 65.9 Å². The van der Waals surface area contributed by atoms with Crippen molar-refractivity contribution in [2.24, 2.45) is 0 Å². The van der Waals surface area contributed by atoms with Gasteiger partial charge in [0.15, 0.2) is 8.32 Å². The fourth-order valence-corrected chi connectivity index (χ4v) is 3.73. The molecule has 0 unspecified atom stereocenters. The molecule has 2 aromatic rings. The number of rotatable bonds is 4. The van der Waals surface area contributed by atoms with Gasteiger partial charge in [0, 0.05) is 4.47 Å². The Morgan fingerprint density at radius 1 is 1.00 bits per heavy atom. The molecule has 0 fully saturated rings. The molecule has 0 aliphatic heterocycles. The Morgan fingerprint density at radius 3 is 2.25 bits per heavy atom. The van der Waals surface area contributed by atoms with Crippen LogP contribution in [0.15, 0.2) is 40.9 Å². The van der Waals surface area contributed by atoms with E-state index in [1.54, 1.807) is 0 Å². The van der Waals surface area contributed by atoms with Crippen molar-refractivity contribution in [2.75, 3.05) is 0 Å². The Hall–Kier alpha value is -0.903. The van der Waals surface area contributed by atoms with Crippen molar-refractivity contribution in [3.63, 3.8) is 0 Å². The number of aryl methyl sites for hydroxylation is 2. The monoisotopic (exact) mass is 404 g/mol. The van der Waals surface area contributed by atoms with E-state index in [-0.39, 0.29) is 5.04 Å². The minimum absolute atomic E-state index is 0.227. The molecule has 2 rings (SSSR count). The van der Waals surface area contributed by atoms with Crippen LogP contribution >= 0.6 is 15.9 Å². The maximum Gasteiger partial charge on any atom is 0.192 e. The summed E-state index contributed by atoms with van der Waals surface area (Å²) in [4.78, 5) is 0. The van der Waals surface area contributed by atoms with Crippen LogP contribution in [0.1, 0.15) is 37.5 Å². The van der Waals surface area contributed by atoms with Crippen molar-refractivity contribution >= 4 is 24.2 Å². The third-order valence-electron chi connectivity index (χ3n) is 5.20. The van der Waals surface area contributed by atoms with Crippen LogP contribution in [0.3, 0.4) is 0 Å². The van der Waals surface area contributed by atoms with Crippen LogP contribution in [0, 0.1) is 13.8 Å². The van der Waals surface area contributed by atoms with Crippen LogP contribution in [0.4, 0.5) is 0 Å². The largest absolute Gasteiger partial charge is 0.413 e. The fraction of sp³-hybridized carbons (Fsp3) is 0.429. The molecule has 0 spiro atoms. The summed E-state index contributed by atoms with van der Waals surface area (Å²) in [5.74, 6) is 0. The number of hydrogen-bond donors (Lipinski definition) is 0. The first-order valence-corrected chi connectivity index (χ1v) is 12.2. The number of benzene rings is 2. The average molecular weight is 405 g/mol. The van der Waals surface area contributed by atoms with Gasteiger partial charge in [-0.2, -0.15) is 0 Å². The lowest BCUT2D eigenvalue weighted by molar-refractivity contribution is 0.277. The predicted molar refractivity (Wildman–Crippen MR) is 111 cm³/mol. The van der Waals surface area contributed by atoms with E-state index in [9.17, 15) is 0 Å². The average Bonchev–Trinajstić information content (AvgIpc) is 2.47. The van der Waals surface area contributed by atoms with Crippen LogP contribution in [-0.4, -0.2) is 8.32 Å². The van der Waals surface area contributed by atoms with Crippen molar-refractivity contribution in [3.8, 4) is 11.1 Å². The van der Waals surface area contributed by atoms with Crippen molar-refractivity contribution in [1.29, 1.82) is 0 Å². The van der Waals surface area contributed by atoms with Gasteiger partial charge in [0.1, 0.15) is 0 Å². The molecule has 0 saturated heterocycles. The molecule has 0 amide bonds. The summed E-state index contributed by atoms with van der Waals surface area (Å²) in [6, 6.07) is 13.1. The Labute approximate surface area is 156 Å². The molecule has 0 N–H and O–H groups in total. The molecule has 0 atom stereocenters. The highest BCUT2D eigenvalue weighted by Gasteiger charge is 2.37. The molecule has 0 heterocycles. The van der Waals surface area contributed by atoms with Gasteiger partial charge >= 0.3 is 0 Å². The molecule has 0 saturated carbocycles. The van der Waals surface area contributed by atoms with E-state index in [1.165, 1.54) is 27.8 Å². The molecule has 0 radical (unpaired) electrons. The van der Waals surface area contributed by atoms with Gasteiger partial charge in [0.05, 0.1) is 6.61 Å². The standard InChI is InChI=1S/C21H29BrOSi/c1-15-9-8-10-18(14-23-24(6,7)21(3,4)5)20(15)17-11-12-19(22)16(2)13-17/h8-13H,14H2,1-7H3. The highest BCUT2D eigenvalue weighted by atomic mass is 79.9. The summed E-state index contributed by atoms with van der Waals surface area (Å²) in [7, 11) is -1.76. The Bertz CT molecular complexity index is 729. The summed E-state index contributed by atoms with van der Waals surface area (Å²) in [6.45, 7) is 16.5. The van der Waals surface area contributed by atoms with Gasteiger partial charge in [0.25, 0.3) is 0 Å². The van der Waals surface area contributed by atoms with Gasteiger partial charge < -0.3 is 4.43 Å². The molecule has 0 aliphatic rings. The maximum atomic E-state index is 6.48. The molecule has 0 aromatic heterocycles. The summed E-state index contributed by atoms with van der Waals surface area (Å²) < 4.78 is 7.63. The molecule has 130 valence electrons. The minimum atomic E-state index is -1.76. The predicted octanol–water partition coefficient (Wildman–Crippen LogP) is 7.25. The van der Waals surface area contributed by atoms with Crippen molar-refractivity contribution in [3.05, 3.63) is 57.6 Å². The van der Waals surface area contributed by atoms with Crippen molar-refractivity contribution < 1.29 is 4.43 Å². The Balaban J connectivity index is 2.39. The Morgan fingerprint density at radius 2 is 1.67 bits per heavy atom. The summed E-state index contributed by atoms with van der Waals surface area (Å²) in [6.07, 6.45) is 0. The normalized spacial score (nSPS) is 12.5. The van der Waals surface area contributed by atoms with E-state index in [0.29, 0.717) is 6.61 Å². The molecule has 3 heteroatoms. The van der Waals surface area contributed by atoms with Crippen LogP contribution in [0.2, 0.25) is 18.1 Å². The lowest BCUT2D eigenvalue weighted by Gasteiger charge is -2.36. The lowest BCUT2D eigenvalue weighted by atomic mass is 9.94. The van der Waals surface area contributed by atoms with Gasteiger partial charge in [-0.15, -0.1) is 0 Å². The van der Waals surface area contributed by atoms with Crippen LogP contribution in [0.5, 0.6) is 0 Å². The summed E-state index contributed by atoms with van der Waals surface area (Å²) in [5, 5.41) is 0.227. The molecule has 2 aromatic carbocycles. The third kappa shape index (κ3) is 4.19. The van der Waals surface area contributed by atoms with E-state index < -0.39 is 8.32 Å². The molecule has 0 bridgehead atoms. The van der Waals surface area contributed by atoms with Crippen LogP contribution in [0.25, 0.3) is 11.1 Å². The molecular weight excluding hydrogens is 376 g/mol. The molecular formula is C21H29BrOSi. The Kier molecular flexibility index (Phi) is 5.78. The highest BCUT2D eigenvalue weighted by molar-refractivity contribution is 9.10. The van der Waals surface area contributed by atoms with Crippen LogP contribution < -0.4 is 0 Å². The highest BCUT2D eigenvalue weighted by Crippen LogP contribution is 2.38. The minimum Gasteiger partial charge on any atom is -0.413 e. The zero-order valence-electron chi connectivity index (χ0n) is 16.0. The molecule has 1 nitrogen and oxygen atoms in total. The van der Waals surface area contributed by atoms with E-state index in [4.69, 9.17) is 4.43 Å².